The molecule has 0 nitrogen and oxygen atoms in total. The normalized spacial score (nSPS) is 21.9. The van der Waals surface area contributed by atoms with Crippen molar-refractivity contribution in [2.45, 2.75) is 26.2 Å². The van der Waals surface area contributed by atoms with Crippen molar-refractivity contribution in [3.63, 3.8) is 0 Å². The van der Waals surface area contributed by atoms with Gasteiger partial charge in [0.05, 0.1) is 0 Å². The largest absolute Gasteiger partial charge is 0.0834 e. The topological polar surface area (TPSA) is 0 Å². The van der Waals surface area contributed by atoms with Gasteiger partial charge in [-0.25, -0.2) is 0 Å². The molecule has 1 aliphatic rings. The van der Waals surface area contributed by atoms with Crippen LogP contribution in [0.3, 0.4) is 0 Å². The average Bonchev–Trinajstić information content (AvgIpc) is 2.47. The van der Waals surface area contributed by atoms with Gasteiger partial charge in [0.25, 0.3) is 0 Å². The van der Waals surface area contributed by atoms with E-state index in [1.165, 1.54) is 12.8 Å². The first-order valence-electron chi connectivity index (χ1n) is 6.89. The van der Waals surface area contributed by atoms with E-state index in [9.17, 15) is 0 Å². The number of benzene rings is 1. The quantitative estimate of drug-likeness (QED) is 0.398. The van der Waals surface area contributed by atoms with Gasteiger partial charge < -0.3 is 0 Å². The Bertz CT molecular complexity index is 508. The second kappa shape index (κ2) is 6.63. The lowest BCUT2D eigenvalue weighted by atomic mass is 9.77. The van der Waals surface area contributed by atoms with Crippen molar-refractivity contribution in [1.29, 1.82) is 0 Å². The van der Waals surface area contributed by atoms with Crippen molar-refractivity contribution in [3.05, 3.63) is 72.4 Å². The summed E-state index contributed by atoms with van der Waals surface area (Å²) in [5.74, 6) is 0. The Morgan fingerprint density at radius 2 is 2.05 bits per heavy atom. The molecule has 19 heavy (non-hydrogen) atoms. The van der Waals surface area contributed by atoms with Crippen molar-refractivity contribution in [2.75, 3.05) is 0 Å². The second-order valence-electron chi connectivity index (χ2n) is 5.04. The van der Waals surface area contributed by atoms with E-state index in [0.29, 0.717) is 0 Å². The van der Waals surface area contributed by atoms with E-state index in [1.54, 1.807) is 0 Å². The van der Waals surface area contributed by atoms with E-state index in [-0.39, 0.29) is 5.41 Å². The monoisotopic (exact) mass is 268 g/mol. The standard InChI is InChI=1S/C18H20S/c1-2-12-18(13-7-4-8-14-18)15-11-17(19)16-9-5-3-6-10-16/h3-11,13,15H,2,12,14H2,1H3. The molecular weight excluding hydrogens is 248 g/mol. The maximum atomic E-state index is 5.49. The third-order valence-corrected chi connectivity index (χ3v) is 3.89. The highest BCUT2D eigenvalue weighted by Crippen LogP contribution is 2.34. The molecule has 0 saturated heterocycles. The fourth-order valence-corrected chi connectivity index (χ4v) is 2.68. The first-order valence-corrected chi connectivity index (χ1v) is 7.29. The van der Waals surface area contributed by atoms with Crippen LogP contribution in [0, 0.1) is 5.41 Å². The van der Waals surface area contributed by atoms with Crippen LogP contribution in [0.15, 0.2) is 66.8 Å². The summed E-state index contributed by atoms with van der Waals surface area (Å²) in [6.07, 6.45) is 16.6. The summed E-state index contributed by atoms with van der Waals surface area (Å²) in [5, 5.41) is 0. The number of allylic oxidation sites excluding steroid dienone is 6. The molecule has 0 spiro atoms. The molecular formula is C18H20S. The summed E-state index contributed by atoms with van der Waals surface area (Å²) >= 11 is 5.49. The number of thiocarbonyl (C=S) groups is 1. The van der Waals surface area contributed by atoms with Crippen molar-refractivity contribution in [3.8, 4) is 0 Å². The highest BCUT2D eigenvalue weighted by atomic mass is 32.1. The van der Waals surface area contributed by atoms with Crippen LogP contribution in [0.25, 0.3) is 0 Å². The van der Waals surface area contributed by atoms with Gasteiger partial charge in [-0.2, -0.15) is 0 Å². The molecule has 0 N–H and O–H groups in total. The van der Waals surface area contributed by atoms with Gasteiger partial charge in [0, 0.05) is 10.3 Å². The summed E-state index contributed by atoms with van der Waals surface area (Å²) in [6, 6.07) is 10.2. The van der Waals surface area contributed by atoms with Crippen LogP contribution in [-0.2, 0) is 0 Å². The molecule has 1 heteroatoms. The van der Waals surface area contributed by atoms with Gasteiger partial charge >= 0.3 is 0 Å². The third kappa shape index (κ3) is 3.74. The molecule has 1 aromatic carbocycles. The van der Waals surface area contributed by atoms with Crippen molar-refractivity contribution in [1.82, 2.24) is 0 Å². The van der Waals surface area contributed by atoms with E-state index in [4.69, 9.17) is 12.2 Å². The Hall–Kier alpha value is -1.47. The molecule has 1 aromatic rings. The number of hydrogen-bond donors (Lipinski definition) is 0. The van der Waals surface area contributed by atoms with Crippen LogP contribution in [0.2, 0.25) is 0 Å². The molecule has 0 heterocycles. The first-order chi connectivity index (χ1) is 9.26. The number of hydrogen-bond acceptors (Lipinski definition) is 1. The summed E-state index contributed by atoms with van der Waals surface area (Å²) in [6.45, 7) is 2.23. The van der Waals surface area contributed by atoms with Crippen molar-refractivity contribution < 1.29 is 0 Å². The van der Waals surface area contributed by atoms with Crippen LogP contribution < -0.4 is 0 Å². The molecule has 0 fully saturated rings. The summed E-state index contributed by atoms with van der Waals surface area (Å²) in [7, 11) is 0. The molecule has 98 valence electrons. The lowest BCUT2D eigenvalue weighted by Gasteiger charge is -2.27. The summed E-state index contributed by atoms with van der Waals surface area (Å²) in [4.78, 5) is 0.916. The second-order valence-corrected chi connectivity index (χ2v) is 5.48. The molecule has 0 amide bonds. The Kier molecular flexibility index (Phi) is 4.86. The maximum absolute atomic E-state index is 5.49. The van der Waals surface area contributed by atoms with Gasteiger partial charge in [0.15, 0.2) is 0 Å². The summed E-state index contributed by atoms with van der Waals surface area (Å²) < 4.78 is 0. The Morgan fingerprint density at radius 1 is 1.26 bits per heavy atom. The van der Waals surface area contributed by atoms with Crippen LogP contribution >= 0.6 is 12.2 Å². The molecule has 0 bridgehead atoms. The minimum atomic E-state index is 0.155. The van der Waals surface area contributed by atoms with Crippen molar-refractivity contribution >= 4 is 17.1 Å². The van der Waals surface area contributed by atoms with Gasteiger partial charge in [-0.15, -0.1) is 0 Å². The molecule has 1 unspecified atom stereocenters. The van der Waals surface area contributed by atoms with Gasteiger partial charge in [-0.1, -0.05) is 86.3 Å². The van der Waals surface area contributed by atoms with Gasteiger partial charge in [0.1, 0.15) is 0 Å². The van der Waals surface area contributed by atoms with Gasteiger partial charge in [0.2, 0.25) is 0 Å². The molecule has 0 aliphatic heterocycles. The third-order valence-electron chi connectivity index (χ3n) is 3.51. The van der Waals surface area contributed by atoms with Gasteiger partial charge in [-0.3, -0.25) is 0 Å². The predicted molar refractivity (Wildman–Crippen MR) is 87.5 cm³/mol. The molecule has 1 atom stereocenters. The molecule has 0 saturated carbocycles. The van der Waals surface area contributed by atoms with Crippen LogP contribution in [0.4, 0.5) is 0 Å². The van der Waals surface area contributed by atoms with E-state index < -0.39 is 0 Å². The Labute approximate surface area is 121 Å². The minimum absolute atomic E-state index is 0.155. The zero-order valence-electron chi connectivity index (χ0n) is 11.4. The first kappa shape index (κ1) is 14.0. The SMILES string of the molecule is CCCC1(C=CC(=S)c2ccccc2)C=CC=CC1. The predicted octanol–water partition coefficient (Wildman–Crippen LogP) is 5.26. The molecule has 0 aromatic heterocycles. The Morgan fingerprint density at radius 3 is 2.68 bits per heavy atom. The van der Waals surface area contributed by atoms with E-state index in [2.05, 4.69) is 55.5 Å². The lowest BCUT2D eigenvalue weighted by molar-refractivity contribution is 0.446. The highest BCUT2D eigenvalue weighted by molar-refractivity contribution is 7.81. The zero-order chi connectivity index (χ0) is 13.6. The fourth-order valence-electron chi connectivity index (χ4n) is 2.48. The molecule has 2 rings (SSSR count). The van der Waals surface area contributed by atoms with Crippen molar-refractivity contribution in [2.24, 2.45) is 5.41 Å². The maximum Gasteiger partial charge on any atom is 0.0446 e. The summed E-state index contributed by atoms with van der Waals surface area (Å²) in [5.41, 5.74) is 1.28. The molecule has 0 radical (unpaired) electrons. The zero-order valence-corrected chi connectivity index (χ0v) is 12.2. The van der Waals surface area contributed by atoms with Crippen LogP contribution in [0.1, 0.15) is 31.7 Å². The average molecular weight is 268 g/mol. The van der Waals surface area contributed by atoms with E-state index in [0.717, 1.165) is 16.8 Å². The fraction of sp³-hybridized carbons (Fsp3) is 0.278. The molecule has 1 aliphatic carbocycles. The number of rotatable bonds is 5. The van der Waals surface area contributed by atoms with E-state index >= 15 is 0 Å². The minimum Gasteiger partial charge on any atom is -0.0834 e. The van der Waals surface area contributed by atoms with Gasteiger partial charge in [-0.05, 0) is 24.5 Å². The van der Waals surface area contributed by atoms with E-state index in [1.807, 2.05) is 18.2 Å². The van der Waals surface area contributed by atoms with Crippen LogP contribution in [0.5, 0.6) is 0 Å². The van der Waals surface area contributed by atoms with Crippen LogP contribution in [-0.4, -0.2) is 4.86 Å². The highest BCUT2D eigenvalue weighted by Gasteiger charge is 2.22. The lowest BCUT2D eigenvalue weighted by Crippen LogP contribution is -2.15. The smallest absolute Gasteiger partial charge is 0.0446 e. The Balaban J connectivity index is 2.13.